The van der Waals surface area contributed by atoms with E-state index in [4.69, 9.17) is 0 Å². The van der Waals surface area contributed by atoms with Crippen LogP contribution in [0.15, 0.2) is 40.6 Å². The van der Waals surface area contributed by atoms with Crippen molar-refractivity contribution in [3.05, 3.63) is 51.7 Å². The van der Waals surface area contributed by atoms with Crippen molar-refractivity contribution in [2.45, 2.75) is 55.2 Å². The van der Waals surface area contributed by atoms with Crippen LogP contribution in [0.5, 0.6) is 0 Å². The number of hydrogen-bond donors (Lipinski definition) is 1. The van der Waals surface area contributed by atoms with Crippen molar-refractivity contribution in [3.8, 4) is 0 Å². The lowest BCUT2D eigenvalue weighted by Gasteiger charge is -2.30. The summed E-state index contributed by atoms with van der Waals surface area (Å²) in [5, 5.41) is 5.00. The smallest absolute Gasteiger partial charge is 0.241 e. The van der Waals surface area contributed by atoms with Gasteiger partial charge in [0.1, 0.15) is 0 Å². The van der Waals surface area contributed by atoms with Gasteiger partial charge >= 0.3 is 0 Å². The molecule has 1 unspecified atom stereocenters. The minimum absolute atomic E-state index is 0.0146. The number of amides is 1. The lowest BCUT2D eigenvalue weighted by Crippen LogP contribution is -2.52. The number of thiophene rings is 1. The van der Waals surface area contributed by atoms with E-state index in [1.165, 1.54) is 0 Å². The first-order valence-corrected chi connectivity index (χ1v) is 12.4. The molecule has 1 aliphatic rings. The van der Waals surface area contributed by atoms with Crippen molar-refractivity contribution in [1.29, 1.82) is 0 Å². The van der Waals surface area contributed by atoms with Crippen molar-refractivity contribution >= 4 is 27.1 Å². The van der Waals surface area contributed by atoms with Crippen LogP contribution in [0.25, 0.3) is 0 Å². The minimum atomic E-state index is -3.80. The summed E-state index contributed by atoms with van der Waals surface area (Å²) >= 11 is 1.64. The second-order valence-electron chi connectivity index (χ2n) is 8.18. The summed E-state index contributed by atoms with van der Waals surface area (Å²) in [5.74, 6) is -0.362. The molecule has 0 saturated heterocycles. The molecule has 3 rings (SSSR count). The number of benzene rings is 1. The number of likely N-dealkylation sites (N-methyl/N-ethyl adjacent to an activating group) is 1. The van der Waals surface area contributed by atoms with Crippen molar-refractivity contribution < 1.29 is 13.2 Å². The Hall–Kier alpha value is -1.70. The molecule has 1 N–H and O–H groups in total. The van der Waals surface area contributed by atoms with Gasteiger partial charge in [0.25, 0.3) is 0 Å². The Balaban J connectivity index is 1.90. The van der Waals surface area contributed by atoms with Gasteiger partial charge in [0.15, 0.2) is 14.6 Å². The lowest BCUT2D eigenvalue weighted by atomic mass is 10.1. The topological polar surface area (TPSA) is 66.5 Å². The van der Waals surface area contributed by atoms with E-state index in [2.05, 4.69) is 5.32 Å². The molecule has 0 bridgehead atoms. The number of nitrogens with one attached hydrogen (secondary N) is 1. The first-order valence-electron chi connectivity index (χ1n) is 9.99. The molecule has 0 radical (unpaired) electrons. The van der Waals surface area contributed by atoms with Crippen molar-refractivity contribution in [1.82, 2.24) is 10.2 Å². The molecule has 158 valence electrons. The number of sulfone groups is 1. The molecule has 1 amide bonds. The SMILES string of the molecule is Cc1ccc(C)c(S(=O)(=O)C2(C(=O)NCC(c3cccs3)N(C)C)CCCC2)c1. The van der Waals surface area contributed by atoms with Gasteiger partial charge in [-0.15, -0.1) is 11.3 Å². The Labute approximate surface area is 178 Å². The second-order valence-corrected chi connectivity index (χ2v) is 11.4. The molecular weight excluding hydrogens is 404 g/mol. The molecule has 1 aromatic heterocycles. The van der Waals surface area contributed by atoms with Gasteiger partial charge in [0, 0.05) is 11.4 Å². The molecule has 1 fully saturated rings. The molecule has 2 aromatic rings. The summed E-state index contributed by atoms with van der Waals surface area (Å²) < 4.78 is 26.0. The first-order chi connectivity index (χ1) is 13.7. The van der Waals surface area contributed by atoms with Gasteiger partial charge < -0.3 is 10.2 Å². The van der Waals surface area contributed by atoms with Crippen LogP contribution in [0.3, 0.4) is 0 Å². The highest BCUT2D eigenvalue weighted by Crippen LogP contribution is 2.42. The normalized spacial score (nSPS) is 17.4. The average molecular weight is 435 g/mol. The van der Waals surface area contributed by atoms with Gasteiger partial charge in [-0.1, -0.05) is 31.0 Å². The maximum Gasteiger partial charge on any atom is 0.241 e. The molecule has 1 heterocycles. The molecule has 1 aromatic carbocycles. The van der Waals surface area contributed by atoms with Crippen LogP contribution in [-0.4, -0.2) is 44.6 Å². The van der Waals surface area contributed by atoms with Crippen LogP contribution in [-0.2, 0) is 14.6 Å². The van der Waals surface area contributed by atoms with Gasteiger partial charge in [-0.05, 0) is 69.4 Å². The lowest BCUT2D eigenvalue weighted by molar-refractivity contribution is -0.123. The van der Waals surface area contributed by atoms with E-state index in [1.54, 1.807) is 24.3 Å². The van der Waals surface area contributed by atoms with E-state index in [9.17, 15) is 13.2 Å². The first kappa shape index (κ1) is 22.0. The number of nitrogens with zero attached hydrogens (tertiary/aromatic N) is 1. The molecule has 0 aliphatic heterocycles. The van der Waals surface area contributed by atoms with Gasteiger partial charge in [0.2, 0.25) is 5.91 Å². The van der Waals surface area contributed by atoms with Crippen LogP contribution in [0, 0.1) is 13.8 Å². The van der Waals surface area contributed by atoms with Gasteiger partial charge in [-0.25, -0.2) is 8.42 Å². The van der Waals surface area contributed by atoms with E-state index >= 15 is 0 Å². The summed E-state index contributed by atoms with van der Waals surface area (Å²) in [5.41, 5.74) is 1.58. The Morgan fingerprint density at radius 3 is 2.48 bits per heavy atom. The van der Waals surface area contributed by atoms with Crippen LogP contribution in [0.2, 0.25) is 0 Å². The highest BCUT2D eigenvalue weighted by atomic mass is 32.2. The maximum absolute atomic E-state index is 13.7. The summed E-state index contributed by atoms with van der Waals surface area (Å²) in [6.45, 7) is 4.06. The summed E-state index contributed by atoms with van der Waals surface area (Å²) in [7, 11) is 0.136. The fraction of sp³-hybridized carbons (Fsp3) is 0.500. The van der Waals surface area contributed by atoms with E-state index in [-0.39, 0.29) is 16.8 Å². The van der Waals surface area contributed by atoms with Crippen molar-refractivity contribution in [3.63, 3.8) is 0 Å². The van der Waals surface area contributed by atoms with E-state index < -0.39 is 14.6 Å². The quantitative estimate of drug-likeness (QED) is 0.718. The van der Waals surface area contributed by atoms with Crippen molar-refractivity contribution in [2.75, 3.05) is 20.6 Å². The summed E-state index contributed by atoms with van der Waals surface area (Å²) in [6.07, 6.45) is 2.25. The Kier molecular flexibility index (Phi) is 6.51. The summed E-state index contributed by atoms with van der Waals surface area (Å²) in [6, 6.07) is 9.47. The maximum atomic E-state index is 13.7. The Morgan fingerprint density at radius 2 is 1.90 bits per heavy atom. The van der Waals surface area contributed by atoms with Gasteiger partial charge in [0.05, 0.1) is 10.9 Å². The van der Waals surface area contributed by atoms with Gasteiger partial charge in [-0.3, -0.25) is 4.79 Å². The number of hydrogen-bond acceptors (Lipinski definition) is 5. The number of carbonyl (C=O) groups excluding carboxylic acids is 1. The highest BCUT2D eigenvalue weighted by Gasteiger charge is 2.53. The third kappa shape index (κ3) is 4.13. The third-order valence-corrected chi connectivity index (χ3v) is 9.54. The molecule has 1 atom stereocenters. The van der Waals surface area contributed by atoms with E-state index in [1.807, 2.05) is 55.6 Å². The molecule has 1 aliphatic carbocycles. The third-order valence-electron chi connectivity index (χ3n) is 5.92. The second kappa shape index (κ2) is 8.58. The molecule has 5 nitrogen and oxygen atoms in total. The zero-order valence-corrected chi connectivity index (χ0v) is 19.2. The predicted octanol–water partition coefficient (Wildman–Crippen LogP) is 3.87. The van der Waals surface area contributed by atoms with Crippen molar-refractivity contribution in [2.24, 2.45) is 0 Å². The molecule has 29 heavy (non-hydrogen) atoms. The average Bonchev–Trinajstić information content (AvgIpc) is 3.36. The van der Waals surface area contributed by atoms with Crippen LogP contribution in [0.1, 0.15) is 47.7 Å². The Morgan fingerprint density at radius 1 is 1.21 bits per heavy atom. The number of rotatable bonds is 7. The van der Waals surface area contributed by atoms with Crippen LogP contribution < -0.4 is 5.32 Å². The highest BCUT2D eigenvalue weighted by molar-refractivity contribution is 7.93. The Bertz CT molecular complexity index is 960. The molecule has 0 spiro atoms. The molecule has 1 saturated carbocycles. The van der Waals surface area contributed by atoms with Crippen LogP contribution >= 0.6 is 11.3 Å². The van der Waals surface area contributed by atoms with E-state index in [0.717, 1.165) is 23.3 Å². The number of carbonyl (C=O) groups is 1. The molecular formula is C22H30N2O3S2. The predicted molar refractivity (Wildman–Crippen MR) is 118 cm³/mol. The monoisotopic (exact) mass is 434 g/mol. The zero-order chi connectivity index (χ0) is 21.2. The minimum Gasteiger partial charge on any atom is -0.353 e. The number of aryl methyl sites for hydroxylation is 2. The fourth-order valence-electron chi connectivity index (χ4n) is 4.14. The zero-order valence-electron chi connectivity index (χ0n) is 17.6. The summed E-state index contributed by atoms with van der Waals surface area (Å²) in [4.78, 5) is 16.9. The van der Waals surface area contributed by atoms with Gasteiger partial charge in [-0.2, -0.15) is 0 Å². The van der Waals surface area contributed by atoms with Crippen LogP contribution in [0.4, 0.5) is 0 Å². The fourth-order valence-corrected chi connectivity index (χ4v) is 7.46. The molecule has 7 heteroatoms. The standard InChI is InChI=1S/C22H30N2O3S2/c1-16-9-10-17(2)20(14-16)29(26,27)22(11-5-6-12-22)21(25)23-15-18(24(3)4)19-8-7-13-28-19/h7-10,13-14,18H,5-6,11-12,15H2,1-4H3,(H,23,25). The van der Waals surface area contributed by atoms with E-state index in [0.29, 0.717) is 24.9 Å². The largest absolute Gasteiger partial charge is 0.353 e.